The van der Waals surface area contributed by atoms with Crippen molar-refractivity contribution in [2.24, 2.45) is 5.92 Å². The highest BCUT2D eigenvalue weighted by atomic mass is 32.2. The van der Waals surface area contributed by atoms with Gasteiger partial charge in [0.15, 0.2) is 0 Å². The van der Waals surface area contributed by atoms with Crippen LogP contribution in [0.2, 0.25) is 0 Å². The first kappa shape index (κ1) is 16.8. The predicted octanol–water partition coefficient (Wildman–Crippen LogP) is 3.22. The lowest BCUT2D eigenvalue weighted by molar-refractivity contribution is -0.120. The molecule has 1 aromatic rings. The second-order valence-corrected chi connectivity index (χ2v) is 8.00. The average Bonchev–Trinajstić information content (AvgIpc) is 2.99. The monoisotopic (exact) mass is 326 g/mol. The highest BCUT2D eigenvalue weighted by molar-refractivity contribution is 7.99. The van der Waals surface area contributed by atoms with E-state index in [1.54, 1.807) is 0 Å². The molecule has 0 saturated carbocycles. The van der Waals surface area contributed by atoms with E-state index in [1.807, 2.05) is 23.1 Å². The predicted molar refractivity (Wildman–Crippen MR) is 92.9 cm³/mol. The first-order valence-corrected chi connectivity index (χ1v) is 9.90. The smallest absolute Gasteiger partial charge is 0.220 e. The zero-order valence-electron chi connectivity index (χ0n) is 12.8. The summed E-state index contributed by atoms with van der Waals surface area (Å²) in [5.74, 6) is 2.86. The van der Waals surface area contributed by atoms with Crippen LogP contribution in [-0.4, -0.2) is 41.9 Å². The molecule has 1 saturated heterocycles. The normalized spacial score (nSPS) is 19.6. The van der Waals surface area contributed by atoms with Crippen molar-refractivity contribution in [2.45, 2.75) is 32.7 Å². The number of hydrogen-bond acceptors (Lipinski definition) is 4. The third-order valence-corrected chi connectivity index (χ3v) is 5.59. The number of carbonyl (C=O) groups excluding carboxylic acids is 1. The standard InChI is InChI=1S/C16H26N2OS2/c1-2-20-10-7-16(19)17-11-14-5-3-8-18(12-14)13-15-6-4-9-21-15/h4,6,9,14H,2-3,5,7-8,10-13H2,1H3,(H,17,19). The van der Waals surface area contributed by atoms with Gasteiger partial charge in [0.05, 0.1) is 0 Å². The molecule has 3 nitrogen and oxygen atoms in total. The average molecular weight is 327 g/mol. The molecule has 1 atom stereocenters. The minimum Gasteiger partial charge on any atom is -0.356 e. The van der Waals surface area contributed by atoms with Crippen molar-refractivity contribution in [1.29, 1.82) is 0 Å². The van der Waals surface area contributed by atoms with Crippen LogP contribution in [0.1, 0.15) is 31.1 Å². The van der Waals surface area contributed by atoms with Gasteiger partial charge in [-0.25, -0.2) is 0 Å². The van der Waals surface area contributed by atoms with Gasteiger partial charge in [0.25, 0.3) is 0 Å². The number of amides is 1. The Bertz CT molecular complexity index is 408. The molecule has 118 valence electrons. The van der Waals surface area contributed by atoms with Crippen molar-refractivity contribution in [3.8, 4) is 0 Å². The van der Waals surface area contributed by atoms with E-state index in [0.717, 1.165) is 31.1 Å². The molecule has 1 aliphatic heterocycles. The van der Waals surface area contributed by atoms with Crippen molar-refractivity contribution in [1.82, 2.24) is 10.2 Å². The summed E-state index contributed by atoms with van der Waals surface area (Å²) in [6.07, 6.45) is 3.15. The lowest BCUT2D eigenvalue weighted by Crippen LogP contribution is -2.40. The fraction of sp³-hybridized carbons (Fsp3) is 0.688. The van der Waals surface area contributed by atoms with E-state index in [4.69, 9.17) is 0 Å². The topological polar surface area (TPSA) is 32.3 Å². The third kappa shape index (κ3) is 6.41. The Morgan fingerprint density at radius 3 is 3.24 bits per heavy atom. The van der Waals surface area contributed by atoms with Crippen molar-refractivity contribution in [3.05, 3.63) is 22.4 Å². The quantitative estimate of drug-likeness (QED) is 0.745. The van der Waals surface area contributed by atoms with E-state index in [2.05, 4.69) is 34.7 Å². The lowest BCUT2D eigenvalue weighted by atomic mass is 9.98. The van der Waals surface area contributed by atoms with E-state index in [-0.39, 0.29) is 5.91 Å². The summed E-state index contributed by atoms with van der Waals surface area (Å²) in [5.41, 5.74) is 0. The number of thiophene rings is 1. The van der Waals surface area contributed by atoms with E-state index >= 15 is 0 Å². The fourth-order valence-corrected chi connectivity index (χ4v) is 4.10. The maximum absolute atomic E-state index is 11.8. The summed E-state index contributed by atoms with van der Waals surface area (Å²) in [4.78, 5) is 15.7. The van der Waals surface area contributed by atoms with Gasteiger partial charge in [-0.05, 0) is 42.5 Å². The van der Waals surface area contributed by atoms with Crippen LogP contribution in [-0.2, 0) is 11.3 Å². The highest BCUT2D eigenvalue weighted by Crippen LogP contribution is 2.20. The van der Waals surface area contributed by atoms with Gasteiger partial charge in [-0.3, -0.25) is 9.69 Å². The zero-order chi connectivity index (χ0) is 14.9. The van der Waals surface area contributed by atoms with Crippen molar-refractivity contribution < 1.29 is 4.79 Å². The molecular weight excluding hydrogens is 300 g/mol. The largest absolute Gasteiger partial charge is 0.356 e. The molecule has 1 unspecified atom stereocenters. The molecule has 21 heavy (non-hydrogen) atoms. The molecule has 0 spiro atoms. The van der Waals surface area contributed by atoms with Gasteiger partial charge >= 0.3 is 0 Å². The summed E-state index contributed by atoms with van der Waals surface area (Å²) in [6, 6.07) is 4.33. The molecular formula is C16H26N2OS2. The van der Waals surface area contributed by atoms with E-state index in [1.165, 1.54) is 24.3 Å². The maximum Gasteiger partial charge on any atom is 0.220 e. The van der Waals surface area contributed by atoms with Crippen LogP contribution in [0, 0.1) is 5.92 Å². The minimum atomic E-state index is 0.214. The van der Waals surface area contributed by atoms with Crippen molar-refractivity contribution in [2.75, 3.05) is 31.1 Å². The molecule has 0 aromatic carbocycles. The minimum absolute atomic E-state index is 0.214. The number of hydrogen-bond donors (Lipinski definition) is 1. The molecule has 5 heteroatoms. The molecule has 2 heterocycles. The summed E-state index contributed by atoms with van der Waals surface area (Å²) in [5, 5.41) is 5.26. The van der Waals surface area contributed by atoms with E-state index < -0.39 is 0 Å². The number of carbonyl (C=O) groups is 1. The van der Waals surface area contributed by atoms with Crippen molar-refractivity contribution in [3.63, 3.8) is 0 Å². The Morgan fingerprint density at radius 2 is 2.48 bits per heavy atom. The number of piperidine rings is 1. The Hall–Kier alpha value is -0.520. The number of rotatable bonds is 8. The van der Waals surface area contributed by atoms with E-state index in [9.17, 15) is 4.79 Å². The zero-order valence-corrected chi connectivity index (χ0v) is 14.5. The first-order chi connectivity index (χ1) is 10.3. The molecule has 0 bridgehead atoms. The van der Waals surface area contributed by atoms with Crippen LogP contribution in [0.3, 0.4) is 0 Å². The van der Waals surface area contributed by atoms with Crippen LogP contribution >= 0.6 is 23.1 Å². The molecule has 0 aliphatic carbocycles. The van der Waals surface area contributed by atoms with Gasteiger partial charge in [-0.15, -0.1) is 11.3 Å². The number of nitrogens with zero attached hydrogens (tertiary/aromatic N) is 1. The second-order valence-electron chi connectivity index (χ2n) is 5.57. The SMILES string of the molecule is CCSCCC(=O)NCC1CCCN(Cc2cccs2)C1. The number of nitrogens with one attached hydrogen (secondary N) is 1. The van der Waals surface area contributed by atoms with Crippen LogP contribution in [0.15, 0.2) is 17.5 Å². The molecule has 0 radical (unpaired) electrons. The first-order valence-electron chi connectivity index (χ1n) is 7.87. The molecule has 1 N–H and O–H groups in total. The van der Waals surface area contributed by atoms with Gasteiger partial charge in [0, 0.05) is 36.7 Å². The summed E-state index contributed by atoms with van der Waals surface area (Å²) in [6.45, 7) is 6.34. The maximum atomic E-state index is 11.8. The molecule has 1 aliphatic rings. The van der Waals surface area contributed by atoms with Crippen molar-refractivity contribution >= 4 is 29.0 Å². The number of likely N-dealkylation sites (tertiary alicyclic amines) is 1. The van der Waals surface area contributed by atoms with E-state index in [0.29, 0.717) is 12.3 Å². The highest BCUT2D eigenvalue weighted by Gasteiger charge is 2.20. The molecule has 1 fully saturated rings. The summed E-state index contributed by atoms with van der Waals surface area (Å²) >= 11 is 3.67. The molecule has 2 rings (SSSR count). The summed E-state index contributed by atoms with van der Waals surface area (Å²) in [7, 11) is 0. The van der Waals surface area contributed by atoms with Crippen LogP contribution in [0.25, 0.3) is 0 Å². The van der Waals surface area contributed by atoms with Crippen LogP contribution < -0.4 is 5.32 Å². The van der Waals surface area contributed by atoms with Gasteiger partial charge in [-0.1, -0.05) is 13.0 Å². The number of thioether (sulfide) groups is 1. The second kappa shape index (κ2) is 9.49. The summed E-state index contributed by atoms with van der Waals surface area (Å²) < 4.78 is 0. The molecule has 1 aromatic heterocycles. The van der Waals surface area contributed by atoms with Gasteiger partial charge in [0.1, 0.15) is 0 Å². The Kier molecular flexibility index (Phi) is 7.61. The van der Waals surface area contributed by atoms with Crippen LogP contribution in [0.5, 0.6) is 0 Å². The molecule has 1 amide bonds. The Balaban J connectivity index is 1.65. The van der Waals surface area contributed by atoms with Gasteiger partial charge in [-0.2, -0.15) is 11.8 Å². The fourth-order valence-electron chi connectivity index (χ4n) is 2.74. The van der Waals surface area contributed by atoms with Gasteiger partial charge < -0.3 is 5.32 Å². The Morgan fingerprint density at radius 1 is 1.57 bits per heavy atom. The van der Waals surface area contributed by atoms with Crippen LogP contribution in [0.4, 0.5) is 0 Å². The van der Waals surface area contributed by atoms with Gasteiger partial charge in [0.2, 0.25) is 5.91 Å². The Labute approximate surface area is 136 Å². The third-order valence-electron chi connectivity index (χ3n) is 3.83. The lowest BCUT2D eigenvalue weighted by Gasteiger charge is -2.32.